The van der Waals surface area contributed by atoms with Crippen LogP contribution in [-0.2, 0) is 6.54 Å². The van der Waals surface area contributed by atoms with Crippen molar-refractivity contribution < 1.29 is 18.9 Å². The predicted octanol–water partition coefficient (Wildman–Crippen LogP) is 4.87. The summed E-state index contributed by atoms with van der Waals surface area (Å²) in [5.74, 6) is 2.76. The zero-order valence-corrected chi connectivity index (χ0v) is 15.4. The smallest absolute Gasteiger partial charge is 0.231 e. The molecule has 0 saturated heterocycles. The van der Waals surface area contributed by atoms with Gasteiger partial charge in [0, 0.05) is 18.3 Å². The van der Waals surface area contributed by atoms with Crippen LogP contribution in [0.3, 0.4) is 0 Å². The molecule has 1 aliphatic rings. The number of rotatable bonds is 7. The van der Waals surface area contributed by atoms with Gasteiger partial charge >= 0.3 is 0 Å². The van der Waals surface area contributed by atoms with Gasteiger partial charge in [-0.25, -0.2) is 0 Å². The summed E-state index contributed by atoms with van der Waals surface area (Å²) in [6.45, 7) is 7.27. The SMILES string of the molecule is CCOc1cc(CNc2ccc3c(c2)OCO3)cc(Cl)c1OC(C)C. The van der Waals surface area contributed by atoms with E-state index < -0.39 is 0 Å². The van der Waals surface area contributed by atoms with Gasteiger partial charge in [-0.3, -0.25) is 0 Å². The molecule has 0 aliphatic carbocycles. The van der Waals surface area contributed by atoms with Crippen LogP contribution in [0.25, 0.3) is 0 Å². The second-order valence-electron chi connectivity index (χ2n) is 5.93. The highest BCUT2D eigenvalue weighted by Crippen LogP contribution is 2.38. The van der Waals surface area contributed by atoms with E-state index in [1.54, 1.807) is 0 Å². The molecule has 0 saturated carbocycles. The first-order valence-corrected chi connectivity index (χ1v) is 8.70. The number of fused-ring (bicyclic) bond motifs is 1. The minimum absolute atomic E-state index is 0.0225. The summed E-state index contributed by atoms with van der Waals surface area (Å²) in [5.41, 5.74) is 1.95. The topological polar surface area (TPSA) is 49.0 Å². The monoisotopic (exact) mass is 363 g/mol. The highest BCUT2D eigenvalue weighted by molar-refractivity contribution is 6.32. The van der Waals surface area contributed by atoms with Crippen LogP contribution in [0.2, 0.25) is 5.02 Å². The maximum absolute atomic E-state index is 6.40. The fourth-order valence-electron chi connectivity index (χ4n) is 2.55. The molecule has 2 aromatic rings. The Bertz CT molecular complexity index is 748. The van der Waals surface area contributed by atoms with Crippen LogP contribution in [0.4, 0.5) is 5.69 Å². The van der Waals surface area contributed by atoms with Crippen molar-refractivity contribution in [1.29, 1.82) is 0 Å². The lowest BCUT2D eigenvalue weighted by molar-refractivity contribution is 0.174. The fraction of sp³-hybridized carbons (Fsp3) is 0.368. The molecule has 2 aromatic carbocycles. The van der Waals surface area contributed by atoms with Gasteiger partial charge < -0.3 is 24.3 Å². The molecule has 134 valence electrons. The van der Waals surface area contributed by atoms with E-state index in [0.29, 0.717) is 29.7 Å². The third-order valence-electron chi connectivity index (χ3n) is 3.59. The van der Waals surface area contributed by atoms with E-state index in [9.17, 15) is 0 Å². The summed E-state index contributed by atoms with van der Waals surface area (Å²) in [6.07, 6.45) is 0.0225. The molecule has 0 aromatic heterocycles. The van der Waals surface area contributed by atoms with Crippen molar-refractivity contribution in [3.05, 3.63) is 40.9 Å². The summed E-state index contributed by atoms with van der Waals surface area (Å²) in [6, 6.07) is 9.61. The number of halogens is 1. The van der Waals surface area contributed by atoms with Crippen LogP contribution in [0.1, 0.15) is 26.3 Å². The van der Waals surface area contributed by atoms with Gasteiger partial charge in [-0.15, -0.1) is 0 Å². The van der Waals surface area contributed by atoms with Crippen LogP contribution >= 0.6 is 11.6 Å². The Morgan fingerprint density at radius 2 is 1.96 bits per heavy atom. The van der Waals surface area contributed by atoms with Gasteiger partial charge in [-0.2, -0.15) is 0 Å². The zero-order valence-electron chi connectivity index (χ0n) is 14.6. The van der Waals surface area contributed by atoms with Crippen molar-refractivity contribution in [3.8, 4) is 23.0 Å². The molecule has 1 N–H and O–H groups in total. The van der Waals surface area contributed by atoms with E-state index in [1.165, 1.54) is 0 Å². The predicted molar refractivity (Wildman–Crippen MR) is 98.3 cm³/mol. The van der Waals surface area contributed by atoms with Crippen LogP contribution < -0.4 is 24.3 Å². The average molecular weight is 364 g/mol. The van der Waals surface area contributed by atoms with Crippen LogP contribution in [0, 0.1) is 0 Å². The van der Waals surface area contributed by atoms with Gasteiger partial charge in [-0.05, 0) is 50.6 Å². The summed E-state index contributed by atoms with van der Waals surface area (Å²) in [7, 11) is 0. The Morgan fingerprint density at radius 3 is 2.72 bits per heavy atom. The average Bonchev–Trinajstić information content (AvgIpc) is 3.03. The summed E-state index contributed by atoms with van der Waals surface area (Å²) in [5, 5.41) is 3.90. The highest BCUT2D eigenvalue weighted by Gasteiger charge is 2.15. The minimum Gasteiger partial charge on any atom is -0.490 e. The van der Waals surface area contributed by atoms with Crippen LogP contribution in [0.15, 0.2) is 30.3 Å². The maximum atomic E-state index is 6.40. The standard InChI is InChI=1S/C19H22ClNO4/c1-4-22-18-8-13(7-15(20)19(18)25-12(2)3)10-21-14-5-6-16-17(9-14)24-11-23-16/h5-9,12,21H,4,10-11H2,1-3H3. The third kappa shape index (κ3) is 4.23. The number of anilines is 1. The van der Waals surface area contributed by atoms with Gasteiger partial charge in [0.05, 0.1) is 17.7 Å². The second kappa shape index (κ2) is 7.74. The van der Waals surface area contributed by atoms with Crippen molar-refractivity contribution in [2.75, 3.05) is 18.7 Å². The second-order valence-corrected chi connectivity index (χ2v) is 6.33. The van der Waals surface area contributed by atoms with E-state index in [2.05, 4.69) is 5.32 Å². The Balaban J connectivity index is 1.75. The van der Waals surface area contributed by atoms with Crippen molar-refractivity contribution in [1.82, 2.24) is 0 Å². The Morgan fingerprint density at radius 1 is 1.16 bits per heavy atom. The van der Waals surface area contributed by atoms with Gasteiger partial charge in [0.1, 0.15) is 0 Å². The normalized spacial score (nSPS) is 12.4. The van der Waals surface area contributed by atoms with Crippen molar-refractivity contribution in [3.63, 3.8) is 0 Å². The number of nitrogens with one attached hydrogen (secondary N) is 1. The molecule has 5 nitrogen and oxygen atoms in total. The first kappa shape index (κ1) is 17.5. The lowest BCUT2D eigenvalue weighted by Gasteiger charge is -2.17. The number of hydrogen-bond donors (Lipinski definition) is 1. The molecule has 3 rings (SSSR count). The lowest BCUT2D eigenvalue weighted by atomic mass is 10.2. The number of benzene rings is 2. The highest BCUT2D eigenvalue weighted by atomic mass is 35.5. The van der Waals surface area contributed by atoms with E-state index in [0.717, 1.165) is 22.7 Å². The molecule has 1 aliphatic heterocycles. The zero-order chi connectivity index (χ0) is 17.8. The molecule has 6 heteroatoms. The molecule has 0 bridgehead atoms. The van der Waals surface area contributed by atoms with E-state index in [-0.39, 0.29) is 12.9 Å². The van der Waals surface area contributed by atoms with Crippen molar-refractivity contribution >= 4 is 17.3 Å². The van der Waals surface area contributed by atoms with Gasteiger partial charge in [0.25, 0.3) is 0 Å². The van der Waals surface area contributed by atoms with Gasteiger partial charge in [0.2, 0.25) is 6.79 Å². The van der Waals surface area contributed by atoms with Crippen LogP contribution in [0.5, 0.6) is 23.0 Å². The molecule has 0 spiro atoms. The van der Waals surface area contributed by atoms with Crippen molar-refractivity contribution in [2.45, 2.75) is 33.4 Å². The Hall–Kier alpha value is -2.27. The quantitative estimate of drug-likeness (QED) is 0.760. The largest absolute Gasteiger partial charge is 0.490 e. The molecule has 25 heavy (non-hydrogen) atoms. The number of hydrogen-bond acceptors (Lipinski definition) is 5. The van der Waals surface area contributed by atoms with Gasteiger partial charge in [0.15, 0.2) is 23.0 Å². The molecule has 0 atom stereocenters. The molecule has 0 fully saturated rings. The lowest BCUT2D eigenvalue weighted by Crippen LogP contribution is -2.09. The minimum atomic E-state index is 0.0225. The van der Waals surface area contributed by atoms with E-state index in [1.807, 2.05) is 51.1 Å². The first-order valence-electron chi connectivity index (χ1n) is 8.32. The summed E-state index contributed by atoms with van der Waals surface area (Å²) in [4.78, 5) is 0. The summed E-state index contributed by atoms with van der Waals surface area (Å²) < 4.78 is 22.2. The molecule has 0 radical (unpaired) electrons. The first-order chi connectivity index (χ1) is 12.1. The maximum Gasteiger partial charge on any atom is 0.231 e. The molecule has 0 amide bonds. The molecule has 0 unspecified atom stereocenters. The molecular formula is C19H22ClNO4. The van der Waals surface area contributed by atoms with E-state index in [4.69, 9.17) is 30.5 Å². The van der Waals surface area contributed by atoms with Crippen molar-refractivity contribution in [2.24, 2.45) is 0 Å². The number of ether oxygens (including phenoxy) is 4. The molecule has 1 heterocycles. The van der Waals surface area contributed by atoms with Gasteiger partial charge in [-0.1, -0.05) is 11.6 Å². The summed E-state index contributed by atoms with van der Waals surface area (Å²) >= 11 is 6.40. The van der Waals surface area contributed by atoms with E-state index >= 15 is 0 Å². The fourth-order valence-corrected chi connectivity index (χ4v) is 2.82. The Kier molecular flexibility index (Phi) is 5.43. The van der Waals surface area contributed by atoms with Crippen LogP contribution in [-0.4, -0.2) is 19.5 Å². The molecular weight excluding hydrogens is 342 g/mol. The third-order valence-corrected chi connectivity index (χ3v) is 3.87. The Labute approximate surface area is 152 Å².